The van der Waals surface area contributed by atoms with Crippen molar-refractivity contribution in [1.29, 1.82) is 0 Å². The number of unbranched alkanes of at least 4 members (excludes halogenated alkanes) is 1. The van der Waals surface area contributed by atoms with E-state index < -0.39 is 0 Å². The van der Waals surface area contributed by atoms with E-state index >= 15 is 0 Å². The van der Waals surface area contributed by atoms with Crippen molar-refractivity contribution in [2.24, 2.45) is 0 Å². The second-order valence-corrected chi connectivity index (χ2v) is 13.7. The molecule has 0 aliphatic carbocycles. The second-order valence-electron chi connectivity index (χ2n) is 13.3. The van der Waals surface area contributed by atoms with Gasteiger partial charge in [-0.3, -0.25) is 9.80 Å². The summed E-state index contributed by atoms with van der Waals surface area (Å²) in [5.41, 5.74) is 4.03. The molecule has 3 aromatic carbocycles. The number of aromatic nitrogens is 2. The summed E-state index contributed by atoms with van der Waals surface area (Å²) in [5.74, 6) is 4.04. The summed E-state index contributed by atoms with van der Waals surface area (Å²) in [6.07, 6.45) is 8.89. The quantitative estimate of drug-likeness (QED) is 0.0979. The van der Waals surface area contributed by atoms with E-state index in [0.29, 0.717) is 26.4 Å². The summed E-state index contributed by atoms with van der Waals surface area (Å²) in [7, 11) is 0. The smallest absolute Gasteiger partial charge is 0.150 e. The van der Waals surface area contributed by atoms with Gasteiger partial charge in [-0.15, -0.1) is 0 Å². The van der Waals surface area contributed by atoms with Gasteiger partial charge in [0.1, 0.15) is 41.8 Å². The average molecular weight is 689 g/mol. The second kappa shape index (κ2) is 18.0. The van der Waals surface area contributed by atoms with Crippen LogP contribution >= 0.6 is 11.6 Å². The number of halogens is 1. The van der Waals surface area contributed by atoms with Crippen LogP contribution in [-0.4, -0.2) is 85.0 Å². The fraction of sp³-hybridized carbons (Fsp3) is 0.525. The molecule has 0 bridgehead atoms. The highest BCUT2D eigenvalue weighted by Gasteiger charge is 2.22. The monoisotopic (exact) mass is 688 g/mol. The lowest BCUT2D eigenvalue weighted by molar-refractivity contribution is 0.236. The zero-order chi connectivity index (χ0) is 33.8. The first kappa shape index (κ1) is 35.4. The highest BCUT2D eigenvalue weighted by atomic mass is 35.5. The summed E-state index contributed by atoms with van der Waals surface area (Å²) >= 11 is 6.08. The first-order chi connectivity index (χ1) is 24.1. The van der Waals surface area contributed by atoms with Crippen molar-refractivity contribution in [2.75, 3.05) is 65.7 Å². The summed E-state index contributed by atoms with van der Waals surface area (Å²) in [6.45, 7) is 14.1. The van der Waals surface area contributed by atoms with Crippen LogP contribution in [0.3, 0.4) is 0 Å². The molecule has 2 aliphatic rings. The Labute approximate surface area is 297 Å². The minimum Gasteiger partial charge on any atom is -0.493 e. The van der Waals surface area contributed by atoms with Crippen LogP contribution < -0.4 is 18.9 Å². The van der Waals surface area contributed by atoms with Crippen LogP contribution in [0.25, 0.3) is 22.4 Å². The molecule has 264 valence electrons. The number of benzene rings is 3. The number of rotatable bonds is 19. The van der Waals surface area contributed by atoms with Crippen LogP contribution in [0.5, 0.6) is 23.0 Å². The largest absolute Gasteiger partial charge is 0.493 e. The average Bonchev–Trinajstić information content (AvgIpc) is 3.90. The number of imidazole rings is 1. The number of hydrogen-bond donors (Lipinski definition) is 0. The summed E-state index contributed by atoms with van der Waals surface area (Å²) < 4.78 is 27.9. The van der Waals surface area contributed by atoms with Crippen LogP contribution in [-0.2, 0) is 13.0 Å². The Kier molecular flexibility index (Phi) is 13.0. The first-order valence-corrected chi connectivity index (χ1v) is 18.9. The fourth-order valence-corrected chi connectivity index (χ4v) is 6.87. The molecule has 0 atom stereocenters. The predicted octanol–water partition coefficient (Wildman–Crippen LogP) is 8.52. The maximum atomic E-state index is 6.60. The molecule has 9 heteroatoms. The van der Waals surface area contributed by atoms with Crippen molar-refractivity contribution in [3.63, 3.8) is 0 Å². The molecule has 2 saturated heterocycles. The zero-order valence-electron chi connectivity index (χ0n) is 29.4. The highest BCUT2D eigenvalue weighted by Crippen LogP contribution is 2.39. The molecule has 8 nitrogen and oxygen atoms in total. The van der Waals surface area contributed by atoms with Gasteiger partial charge >= 0.3 is 0 Å². The van der Waals surface area contributed by atoms with Crippen LogP contribution in [0.4, 0.5) is 0 Å². The van der Waals surface area contributed by atoms with Crippen molar-refractivity contribution in [3.05, 3.63) is 65.2 Å². The molecular formula is C40H53ClN4O4. The number of likely N-dealkylation sites (tertiary alicyclic amines) is 2. The van der Waals surface area contributed by atoms with E-state index in [9.17, 15) is 0 Å². The highest BCUT2D eigenvalue weighted by molar-refractivity contribution is 6.30. The van der Waals surface area contributed by atoms with Gasteiger partial charge in [-0.05, 0) is 94.5 Å². The molecule has 49 heavy (non-hydrogen) atoms. The molecule has 6 rings (SSSR count). The lowest BCUT2D eigenvalue weighted by atomic mass is 10.1. The summed E-state index contributed by atoms with van der Waals surface area (Å²) in [6, 6.07) is 18.3. The minimum atomic E-state index is 0.557. The van der Waals surface area contributed by atoms with Gasteiger partial charge in [0.05, 0.1) is 24.3 Å². The van der Waals surface area contributed by atoms with Crippen LogP contribution in [0, 0.1) is 0 Å². The first-order valence-electron chi connectivity index (χ1n) is 18.5. The topological polar surface area (TPSA) is 61.2 Å². The lowest BCUT2D eigenvalue weighted by Gasteiger charge is -2.18. The molecule has 0 N–H and O–H groups in total. The summed E-state index contributed by atoms with van der Waals surface area (Å²) in [4.78, 5) is 10.2. The van der Waals surface area contributed by atoms with Crippen LogP contribution in [0.1, 0.15) is 64.4 Å². The molecule has 0 saturated carbocycles. The van der Waals surface area contributed by atoms with Crippen LogP contribution in [0.15, 0.2) is 54.6 Å². The fourth-order valence-electron chi connectivity index (χ4n) is 6.74. The summed E-state index contributed by atoms with van der Waals surface area (Å²) in [5, 5.41) is 0.742. The molecule has 3 heterocycles. The normalized spacial score (nSPS) is 15.3. The van der Waals surface area contributed by atoms with Gasteiger partial charge < -0.3 is 23.5 Å². The Hall–Kier alpha value is -3.46. The number of ether oxygens (including phenoxy) is 4. The van der Waals surface area contributed by atoms with Gasteiger partial charge in [-0.25, -0.2) is 4.98 Å². The molecule has 1 aromatic heterocycles. The van der Waals surface area contributed by atoms with E-state index in [4.69, 9.17) is 35.5 Å². The minimum absolute atomic E-state index is 0.557. The van der Waals surface area contributed by atoms with Gasteiger partial charge in [0.15, 0.2) is 5.75 Å². The third-order valence-corrected chi connectivity index (χ3v) is 9.75. The number of fused-ring (bicyclic) bond motifs is 1. The van der Waals surface area contributed by atoms with Crippen molar-refractivity contribution in [2.45, 2.75) is 71.8 Å². The van der Waals surface area contributed by atoms with E-state index in [0.717, 1.165) is 122 Å². The molecule has 0 spiro atoms. The van der Waals surface area contributed by atoms with Crippen molar-refractivity contribution in [1.82, 2.24) is 19.4 Å². The van der Waals surface area contributed by atoms with Gasteiger partial charge in [0.2, 0.25) is 0 Å². The maximum Gasteiger partial charge on any atom is 0.150 e. The number of hydrogen-bond acceptors (Lipinski definition) is 7. The van der Waals surface area contributed by atoms with E-state index in [-0.39, 0.29) is 0 Å². The molecule has 2 aliphatic heterocycles. The van der Waals surface area contributed by atoms with E-state index in [1.807, 2.05) is 42.5 Å². The third kappa shape index (κ3) is 9.62. The standard InChI is InChI=1S/C40H53ClN4O4/c1-3-5-21-45-36-28-34(47-26-22-43-17-6-7-18-43)30-38(48-24-4-2)39(36)42-40(45)35-15-14-33(46-25-16-31-10-12-32(41)13-11-31)29-37(35)49-27-23-44-19-8-9-20-44/h10-15,28-30H,3-9,16-27H2,1-2H3. The lowest BCUT2D eigenvalue weighted by Crippen LogP contribution is -2.25. The Balaban J connectivity index is 1.31. The van der Waals surface area contributed by atoms with Crippen molar-refractivity contribution in [3.8, 4) is 34.4 Å². The van der Waals surface area contributed by atoms with E-state index in [1.54, 1.807) is 0 Å². The molecule has 0 unspecified atom stereocenters. The van der Waals surface area contributed by atoms with E-state index in [1.165, 1.54) is 31.2 Å². The van der Waals surface area contributed by atoms with Gasteiger partial charge in [0, 0.05) is 49.3 Å². The molecule has 0 amide bonds. The molecular weight excluding hydrogens is 636 g/mol. The van der Waals surface area contributed by atoms with Crippen molar-refractivity contribution < 1.29 is 18.9 Å². The third-order valence-electron chi connectivity index (χ3n) is 9.49. The molecule has 0 radical (unpaired) electrons. The number of aryl methyl sites for hydroxylation is 1. The van der Waals surface area contributed by atoms with Crippen molar-refractivity contribution >= 4 is 22.6 Å². The Morgan fingerprint density at radius 3 is 2.00 bits per heavy atom. The van der Waals surface area contributed by atoms with Gasteiger partial charge in [0.25, 0.3) is 0 Å². The predicted molar refractivity (Wildman–Crippen MR) is 199 cm³/mol. The Bertz CT molecular complexity index is 1610. The Morgan fingerprint density at radius 1 is 0.653 bits per heavy atom. The number of nitrogens with zero attached hydrogens (tertiary/aromatic N) is 4. The molecule has 4 aromatic rings. The maximum absolute atomic E-state index is 6.60. The Morgan fingerprint density at radius 2 is 1.31 bits per heavy atom. The van der Waals surface area contributed by atoms with Gasteiger partial charge in [-0.2, -0.15) is 0 Å². The SMILES string of the molecule is CCCCn1c(-c2ccc(OCCc3ccc(Cl)cc3)cc2OCCN2CCCC2)nc2c(OCCC)cc(OCCN3CCCC3)cc21. The zero-order valence-corrected chi connectivity index (χ0v) is 30.2. The van der Waals surface area contributed by atoms with Crippen LogP contribution in [0.2, 0.25) is 5.02 Å². The van der Waals surface area contributed by atoms with E-state index in [2.05, 4.69) is 40.3 Å². The molecule has 2 fully saturated rings. The van der Waals surface area contributed by atoms with Gasteiger partial charge in [-0.1, -0.05) is 44.0 Å².